The van der Waals surface area contributed by atoms with E-state index in [9.17, 15) is 4.79 Å². The lowest BCUT2D eigenvalue weighted by Gasteiger charge is -2.26. The van der Waals surface area contributed by atoms with Crippen LogP contribution in [-0.2, 0) is 21.7 Å². The number of aryl methyl sites for hydroxylation is 1. The number of nitrogens with one attached hydrogen (secondary N) is 1. The summed E-state index contributed by atoms with van der Waals surface area (Å²) in [6, 6.07) is 21.6. The summed E-state index contributed by atoms with van der Waals surface area (Å²) in [5, 5.41) is 3.76. The van der Waals surface area contributed by atoms with E-state index in [2.05, 4.69) is 82.6 Å². The molecule has 1 atom stereocenters. The van der Waals surface area contributed by atoms with Gasteiger partial charge in [-0.15, -0.1) is 0 Å². The maximum atomic E-state index is 12.2. The number of hydrogen-bond acceptors (Lipinski definition) is 4. The third kappa shape index (κ3) is 11.5. The molecule has 0 spiro atoms. The van der Waals surface area contributed by atoms with Crippen molar-refractivity contribution < 1.29 is 9.53 Å². The Morgan fingerprint density at radius 2 is 1.53 bits per heavy atom. The Balaban J connectivity index is 1.31. The summed E-state index contributed by atoms with van der Waals surface area (Å²) >= 11 is 2.09. The Labute approximate surface area is 210 Å². The largest absolute Gasteiger partial charge is 0.379 e. The van der Waals surface area contributed by atoms with Crippen molar-refractivity contribution >= 4 is 17.7 Å². The molecule has 2 aromatic rings. The summed E-state index contributed by atoms with van der Waals surface area (Å²) in [4.78, 5) is 14.6. The molecule has 1 N–H and O–H groups in total. The molecular weight excluding hydrogens is 440 g/mol. The van der Waals surface area contributed by atoms with Crippen molar-refractivity contribution in [3.63, 3.8) is 0 Å². The fourth-order valence-electron chi connectivity index (χ4n) is 4.37. The van der Waals surface area contributed by atoms with Crippen LogP contribution in [0.5, 0.6) is 0 Å². The second kappa shape index (κ2) is 16.7. The molecule has 1 amide bonds. The molecule has 0 saturated carbocycles. The first-order chi connectivity index (χ1) is 16.8. The molecule has 1 saturated heterocycles. The number of carbonyl (C=O) groups is 1. The number of carbonyl (C=O) groups excluding carboxylic acids is 1. The smallest absolute Gasteiger partial charge is 0.220 e. The van der Waals surface area contributed by atoms with Crippen LogP contribution in [0.4, 0.5) is 0 Å². The first kappa shape index (κ1) is 26.8. The van der Waals surface area contributed by atoms with Crippen LogP contribution in [0, 0.1) is 0 Å². The summed E-state index contributed by atoms with van der Waals surface area (Å²) in [5.74, 6) is 1.27. The standard InChI is InChI=1S/C29H42N2O2S/c32-29(30-19-20-31-21-23-33-24-22-31)18-10-9-17-28(34-25-27-14-5-2-6-15-27)16-8-7-13-26-11-3-1-4-12-26/h1-6,11-12,14-15,28H,7-10,13,16-25H2,(H,30,32). The lowest BCUT2D eigenvalue weighted by Crippen LogP contribution is -2.41. The first-order valence-corrected chi connectivity index (χ1v) is 14.1. The highest BCUT2D eigenvalue weighted by Gasteiger charge is 2.12. The number of morpholine rings is 1. The van der Waals surface area contributed by atoms with Crippen molar-refractivity contribution in [3.8, 4) is 0 Å². The summed E-state index contributed by atoms with van der Waals surface area (Å²) in [7, 11) is 0. The van der Waals surface area contributed by atoms with Crippen molar-refractivity contribution in [1.29, 1.82) is 0 Å². The number of hydrogen-bond donors (Lipinski definition) is 1. The van der Waals surface area contributed by atoms with Gasteiger partial charge in [0, 0.05) is 43.6 Å². The average molecular weight is 483 g/mol. The number of nitrogens with zero attached hydrogens (tertiary/aromatic N) is 1. The SMILES string of the molecule is O=C(CCCCC(CCCCc1ccccc1)SCc1ccccc1)NCCN1CCOCC1. The molecule has 34 heavy (non-hydrogen) atoms. The van der Waals surface area contributed by atoms with Gasteiger partial charge in [-0.2, -0.15) is 11.8 Å². The highest BCUT2D eigenvalue weighted by Crippen LogP contribution is 2.27. The van der Waals surface area contributed by atoms with Gasteiger partial charge in [0.1, 0.15) is 0 Å². The second-order valence-corrected chi connectivity index (χ2v) is 10.5. The number of unbranched alkanes of at least 4 members (excludes halogenated alkanes) is 2. The van der Waals surface area contributed by atoms with Gasteiger partial charge in [-0.1, -0.05) is 73.5 Å². The Morgan fingerprint density at radius 3 is 2.24 bits per heavy atom. The summed E-state index contributed by atoms with van der Waals surface area (Å²) in [6.07, 6.45) is 8.90. The van der Waals surface area contributed by atoms with Crippen molar-refractivity contribution in [2.24, 2.45) is 0 Å². The number of benzene rings is 2. The number of rotatable bonds is 16. The van der Waals surface area contributed by atoms with Gasteiger partial charge in [-0.05, 0) is 43.2 Å². The van der Waals surface area contributed by atoms with Crippen molar-refractivity contribution in [2.75, 3.05) is 39.4 Å². The van der Waals surface area contributed by atoms with Gasteiger partial charge in [0.25, 0.3) is 0 Å². The Kier molecular flexibility index (Phi) is 13.2. The summed E-state index contributed by atoms with van der Waals surface area (Å²) in [5.41, 5.74) is 2.84. The molecule has 1 aliphatic rings. The molecule has 1 heterocycles. The molecule has 0 bridgehead atoms. The van der Waals surface area contributed by atoms with Gasteiger partial charge in [0.2, 0.25) is 5.91 Å². The number of amides is 1. The third-order valence-electron chi connectivity index (χ3n) is 6.45. The average Bonchev–Trinajstić information content (AvgIpc) is 2.89. The van der Waals surface area contributed by atoms with Crippen LogP contribution in [0.3, 0.4) is 0 Å². The molecule has 186 valence electrons. The van der Waals surface area contributed by atoms with E-state index in [4.69, 9.17) is 4.74 Å². The lowest BCUT2D eigenvalue weighted by atomic mass is 10.0. The molecule has 4 nitrogen and oxygen atoms in total. The topological polar surface area (TPSA) is 41.6 Å². The molecule has 1 fully saturated rings. The lowest BCUT2D eigenvalue weighted by molar-refractivity contribution is -0.121. The van der Waals surface area contributed by atoms with Crippen molar-refractivity contribution in [3.05, 3.63) is 71.8 Å². The van der Waals surface area contributed by atoms with Crippen molar-refractivity contribution in [2.45, 2.75) is 62.4 Å². The highest BCUT2D eigenvalue weighted by molar-refractivity contribution is 7.99. The normalized spacial score (nSPS) is 15.2. The second-order valence-electron chi connectivity index (χ2n) is 9.20. The van der Waals surface area contributed by atoms with Crippen LogP contribution in [0.2, 0.25) is 0 Å². The van der Waals surface area contributed by atoms with Gasteiger partial charge < -0.3 is 10.1 Å². The summed E-state index contributed by atoms with van der Waals surface area (Å²) in [6.45, 7) is 5.24. The molecule has 0 aromatic heterocycles. The Morgan fingerprint density at radius 1 is 0.882 bits per heavy atom. The van der Waals surface area contributed by atoms with E-state index < -0.39 is 0 Å². The first-order valence-electron chi connectivity index (χ1n) is 13.1. The predicted molar refractivity (Wildman–Crippen MR) is 144 cm³/mol. The fourth-order valence-corrected chi connectivity index (χ4v) is 5.66. The zero-order valence-corrected chi connectivity index (χ0v) is 21.4. The van der Waals surface area contributed by atoms with E-state index in [0.29, 0.717) is 11.7 Å². The Bertz CT molecular complexity index is 781. The molecule has 2 aromatic carbocycles. The van der Waals surface area contributed by atoms with E-state index in [0.717, 1.165) is 58.0 Å². The van der Waals surface area contributed by atoms with Crippen LogP contribution >= 0.6 is 11.8 Å². The number of ether oxygens (including phenoxy) is 1. The molecule has 3 rings (SSSR count). The molecular formula is C29H42N2O2S. The van der Waals surface area contributed by atoms with Crippen LogP contribution in [0.15, 0.2) is 60.7 Å². The third-order valence-corrected chi connectivity index (χ3v) is 7.89. The van der Waals surface area contributed by atoms with Crippen LogP contribution in [0.1, 0.15) is 56.1 Å². The van der Waals surface area contributed by atoms with E-state index in [1.54, 1.807) is 0 Å². The maximum absolute atomic E-state index is 12.2. The van der Waals surface area contributed by atoms with Gasteiger partial charge >= 0.3 is 0 Å². The minimum atomic E-state index is 0.199. The van der Waals surface area contributed by atoms with Crippen LogP contribution in [0.25, 0.3) is 0 Å². The van der Waals surface area contributed by atoms with E-state index in [1.807, 2.05) is 0 Å². The fraction of sp³-hybridized carbons (Fsp3) is 0.552. The van der Waals surface area contributed by atoms with Gasteiger partial charge in [-0.3, -0.25) is 9.69 Å². The van der Waals surface area contributed by atoms with Gasteiger partial charge in [0.15, 0.2) is 0 Å². The molecule has 5 heteroatoms. The predicted octanol–water partition coefficient (Wildman–Crippen LogP) is 5.71. The molecule has 0 aliphatic carbocycles. The minimum Gasteiger partial charge on any atom is -0.379 e. The van der Waals surface area contributed by atoms with Crippen LogP contribution in [-0.4, -0.2) is 55.4 Å². The minimum absolute atomic E-state index is 0.199. The van der Waals surface area contributed by atoms with Crippen molar-refractivity contribution in [1.82, 2.24) is 10.2 Å². The quantitative estimate of drug-likeness (QED) is 0.311. The molecule has 1 unspecified atom stereocenters. The molecule has 0 radical (unpaired) electrons. The van der Waals surface area contributed by atoms with E-state index in [1.165, 1.54) is 43.2 Å². The molecule has 1 aliphatic heterocycles. The van der Waals surface area contributed by atoms with E-state index >= 15 is 0 Å². The number of thioether (sulfide) groups is 1. The summed E-state index contributed by atoms with van der Waals surface area (Å²) < 4.78 is 5.37. The van der Waals surface area contributed by atoms with Gasteiger partial charge in [-0.25, -0.2) is 0 Å². The van der Waals surface area contributed by atoms with E-state index in [-0.39, 0.29) is 5.91 Å². The monoisotopic (exact) mass is 482 g/mol. The zero-order valence-electron chi connectivity index (χ0n) is 20.6. The Hall–Kier alpha value is -1.82. The highest BCUT2D eigenvalue weighted by atomic mass is 32.2. The van der Waals surface area contributed by atoms with Gasteiger partial charge in [0.05, 0.1) is 13.2 Å². The zero-order chi connectivity index (χ0) is 23.7. The van der Waals surface area contributed by atoms with Crippen LogP contribution < -0.4 is 5.32 Å². The maximum Gasteiger partial charge on any atom is 0.220 e.